The van der Waals surface area contributed by atoms with Crippen LogP contribution in [0.4, 0.5) is 0 Å². The van der Waals surface area contributed by atoms with Gasteiger partial charge in [-0.2, -0.15) is 4.72 Å². The van der Waals surface area contributed by atoms with Crippen LogP contribution in [0.25, 0.3) is 0 Å². The molecule has 0 saturated heterocycles. The molecule has 5 heteroatoms. The van der Waals surface area contributed by atoms with Gasteiger partial charge in [-0.15, -0.1) is 0 Å². The summed E-state index contributed by atoms with van der Waals surface area (Å²) in [6, 6.07) is 16.0. The number of nitrogens with one attached hydrogen (secondary N) is 1. The monoisotopic (exact) mass is 289 g/mol. The van der Waals surface area contributed by atoms with E-state index in [0.29, 0.717) is 6.42 Å². The van der Waals surface area contributed by atoms with E-state index in [-0.39, 0.29) is 4.90 Å². The Morgan fingerprint density at radius 3 is 2.50 bits per heavy atom. The highest BCUT2D eigenvalue weighted by molar-refractivity contribution is 7.89. The molecule has 0 fully saturated rings. The number of hydrogen-bond donors (Lipinski definition) is 1. The fourth-order valence-electron chi connectivity index (χ4n) is 2.25. The van der Waals surface area contributed by atoms with Crippen LogP contribution in [0.5, 0.6) is 5.75 Å². The maximum atomic E-state index is 12.2. The van der Waals surface area contributed by atoms with Crippen LogP contribution in [0.2, 0.25) is 0 Å². The SMILES string of the molecule is O=S(=O)(NC1CCc2ccccc2O1)c1ccccc1. The summed E-state index contributed by atoms with van der Waals surface area (Å²) in [6.07, 6.45) is 0.913. The minimum atomic E-state index is -3.54. The summed E-state index contributed by atoms with van der Waals surface area (Å²) in [5, 5.41) is 0. The number of ether oxygens (including phenoxy) is 1. The Balaban J connectivity index is 1.77. The van der Waals surface area contributed by atoms with Crippen molar-refractivity contribution in [3.63, 3.8) is 0 Å². The molecule has 1 aliphatic rings. The molecule has 2 aromatic carbocycles. The molecule has 0 saturated carbocycles. The number of aryl methyl sites for hydroxylation is 1. The van der Waals surface area contributed by atoms with Gasteiger partial charge in [0.05, 0.1) is 4.90 Å². The van der Waals surface area contributed by atoms with E-state index in [2.05, 4.69) is 4.72 Å². The molecule has 0 aliphatic carbocycles. The number of sulfonamides is 1. The number of fused-ring (bicyclic) bond motifs is 1. The first-order valence-corrected chi connectivity index (χ1v) is 7.95. The van der Waals surface area contributed by atoms with Gasteiger partial charge in [0, 0.05) is 6.42 Å². The minimum Gasteiger partial charge on any atom is -0.474 e. The lowest BCUT2D eigenvalue weighted by Gasteiger charge is -2.26. The maximum Gasteiger partial charge on any atom is 0.243 e. The molecule has 20 heavy (non-hydrogen) atoms. The zero-order chi connectivity index (χ0) is 14.0. The van der Waals surface area contributed by atoms with E-state index in [0.717, 1.165) is 17.7 Å². The number of para-hydroxylation sites is 1. The number of rotatable bonds is 3. The van der Waals surface area contributed by atoms with Crippen molar-refractivity contribution in [2.45, 2.75) is 24.0 Å². The summed E-state index contributed by atoms with van der Waals surface area (Å²) in [7, 11) is -3.54. The van der Waals surface area contributed by atoms with Gasteiger partial charge in [0.15, 0.2) is 6.23 Å². The van der Waals surface area contributed by atoms with Gasteiger partial charge in [0.25, 0.3) is 0 Å². The van der Waals surface area contributed by atoms with Gasteiger partial charge in [-0.3, -0.25) is 0 Å². The van der Waals surface area contributed by atoms with Crippen LogP contribution in [-0.2, 0) is 16.4 Å². The van der Waals surface area contributed by atoms with Crippen molar-refractivity contribution in [2.24, 2.45) is 0 Å². The normalized spacial score (nSPS) is 18.1. The minimum absolute atomic E-state index is 0.252. The van der Waals surface area contributed by atoms with Crippen molar-refractivity contribution < 1.29 is 13.2 Å². The Kier molecular flexibility index (Phi) is 3.46. The second kappa shape index (κ2) is 5.26. The first-order chi connectivity index (χ1) is 9.65. The Bertz CT molecular complexity index is 698. The zero-order valence-electron chi connectivity index (χ0n) is 10.8. The fourth-order valence-corrected chi connectivity index (χ4v) is 3.41. The molecule has 0 amide bonds. The average Bonchev–Trinajstić information content (AvgIpc) is 2.48. The average molecular weight is 289 g/mol. The van der Waals surface area contributed by atoms with Gasteiger partial charge in [-0.1, -0.05) is 36.4 Å². The molecule has 0 bridgehead atoms. The molecule has 104 valence electrons. The molecule has 3 rings (SSSR count). The lowest BCUT2D eigenvalue weighted by atomic mass is 10.1. The Morgan fingerprint density at radius 1 is 1.00 bits per heavy atom. The summed E-state index contributed by atoms with van der Waals surface area (Å²) in [5.74, 6) is 0.750. The summed E-state index contributed by atoms with van der Waals surface area (Å²) in [5.41, 5.74) is 1.11. The zero-order valence-corrected chi connectivity index (χ0v) is 11.6. The van der Waals surface area contributed by atoms with E-state index in [4.69, 9.17) is 4.74 Å². The van der Waals surface area contributed by atoms with Gasteiger partial charge < -0.3 is 4.74 Å². The van der Waals surface area contributed by atoms with Gasteiger partial charge in [0.2, 0.25) is 10.0 Å². The lowest BCUT2D eigenvalue weighted by molar-refractivity contribution is 0.163. The fraction of sp³-hybridized carbons (Fsp3) is 0.200. The van der Waals surface area contributed by atoms with Crippen LogP contribution < -0.4 is 9.46 Å². The van der Waals surface area contributed by atoms with E-state index >= 15 is 0 Å². The second-order valence-corrected chi connectivity index (χ2v) is 6.40. The van der Waals surface area contributed by atoms with Crippen molar-refractivity contribution in [1.82, 2.24) is 4.72 Å². The summed E-state index contributed by atoms with van der Waals surface area (Å²) in [4.78, 5) is 0.252. The van der Waals surface area contributed by atoms with E-state index in [9.17, 15) is 8.42 Å². The summed E-state index contributed by atoms with van der Waals surface area (Å²) >= 11 is 0. The Labute approximate surface area is 118 Å². The van der Waals surface area contributed by atoms with E-state index in [1.165, 1.54) is 0 Å². The molecule has 4 nitrogen and oxygen atoms in total. The molecular formula is C15H15NO3S. The summed E-state index contributed by atoms with van der Waals surface area (Å²) in [6.45, 7) is 0. The summed E-state index contributed by atoms with van der Waals surface area (Å²) < 4.78 is 32.7. The van der Waals surface area contributed by atoms with Gasteiger partial charge in [-0.25, -0.2) is 8.42 Å². The van der Waals surface area contributed by atoms with Crippen molar-refractivity contribution in [3.05, 3.63) is 60.2 Å². The maximum absolute atomic E-state index is 12.2. The first-order valence-electron chi connectivity index (χ1n) is 6.47. The standard InChI is InChI=1S/C15H15NO3S/c17-20(18,13-7-2-1-3-8-13)16-15-11-10-12-6-4-5-9-14(12)19-15/h1-9,15-16H,10-11H2. The van der Waals surface area contributed by atoms with Gasteiger partial charge in [-0.05, 0) is 30.2 Å². The third kappa shape index (κ3) is 2.69. The third-order valence-electron chi connectivity index (χ3n) is 3.26. The van der Waals surface area contributed by atoms with Crippen LogP contribution in [0, 0.1) is 0 Å². The smallest absolute Gasteiger partial charge is 0.243 e. The van der Waals surface area contributed by atoms with Crippen LogP contribution in [0.1, 0.15) is 12.0 Å². The number of benzene rings is 2. The van der Waals surface area contributed by atoms with Crippen molar-refractivity contribution in [3.8, 4) is 5.75 Å². The molecular weight excluding hydrogens is 274 g/mol. The highest BCUT2D eigenvalue weighted by atomic mass is 32.2. The lowest BCUT2D eigenvalue weighted by Crippen LogP contribution is -2.41. The highest BCUT2D eigenvalue weighted by Gasteiger charge is 2.24. The quantitative estimate of drug-likeness (QED) is 0.943. The van der Waals surface area contributed by atoms with E-state index in [1.54, 1.807) is 30.3 Å². The van der Waals surface area contributed by atoms with E-state index < -0.39 is 16.3 Å². The Morgan fingerprint density at radius 2 is 1.70 bits per heavy atom. The molecule has 0 aromatic heterocycles. The first kappa shape index (κ1) is 13.1. The largest absolute Gasteiger partial charge is 0.474 e. The highest BCUT2D eigenvalue weighted by Crippen LogP contribution is 2.26. The topological polar surface area (TPSA) is 55.4 Å². The van der Waals surface area contributed by atoms with Gasteiger partial charge in [0.1, 0.15) is 5.75 Å². The van der Waals surface area contributed by atoms with Crippen molar-refractivity contribution in [1.29, 1.82) is 0 Å². The van der Waals surface area contributed by atoms with Crippen LogP contribution in [0.3, 0.4) is 0 Å². The predicted octanol–water partition coefficient (Wildman–Crippen LogP) is 2.32. The predicted molar refractivity (Wildman–Crippen MR) is 75.9 cm³/mol. The number of hydrogen-bond acceptors (Lipinski definition) is 3. The second-order valence-electron chi connectivity index (χ2n) is 4.69. The van der Waals surface area contributed by atoms with E-state index in [1.807, 2.05) is 24.3 Å². The molecule has 1 unspecified atom stereocenters. The van der Waals surface area contributed by atoms with Crippen LogP contribution >= 0.6 is 0 Å². The van der Waals surface area contributed by atoms with Crippen LogP contribution in [-0.4, -0.2) is 14.6 Å². The molecule has 1 heterocycles. The van der Waals surface area contributed by atoms with Gasteiger partial charge >= 0.3 is 0 Å². The Hall–Kier alpha value is -1.85. The molecule has 1 N–H and O–H groups in total. The molecule has 0 radical (unpaired) electrons. The van der Waals surface area contributed by atoms with Crippen molar-refractivity contribution in [2.75, 3.05) is 0 Å². The van der Waals surface area contributed by atoms with Crippen molar-refractivity contribution >= 4 is 10.0 Å². The molecule has 1 aliphatic heterocycles. The third-order valence-corrected chi connectivity index (χ3v) is 4.72. The van der Waals surface area contributed by atoms with Crippen LogP contribution in [0.15, 0.2) is 59.5 Å². The molecule has 0 spiro atoms. The molecule has 1 atom stereocenters. The molecule has 2 aromatic rings.